The molecule has 1 N–H and O–H groups in total. The van der Waals surface area contributed by atoms with Crippen LogP contribution in [0.4, 0.5) is 0 Å². The van der Waals surface area contributed by atoms with Crippen molar-refractivity contribution in [2.24, 2.45) is 0 Å². The summed E-state index contributed by atoms with van der Waals surface area (Å²) in [6.45, 7) is 6.70. The predicted molar refractivity (Wildman–Crippen MR) is 68.3 cm³/mol. The van der Waals surface area contributed by atoms with Gasteiger partial charge in [0.15, 0.2) is 0 Å². The number of ether oxygens (including phenoxy) is 3. The van der Waals surface area contributed by atoms with Crippen LogP contribution in [0.2, 0.25) is 0 Å². The molecule has 0 aromatic carbocycles. The molecule has 4 nitrogen and oxygen atoms in total. The zero-order valence-corrected chi connectivity index (χ0v) is 11.5. The first kappa shape index (κ1) is 16.8. The van der Waals surface area contributed by atoms with Gasteiger partial charge < -0.3 is 19.3 Å². The molecular weight excluding hydrogens is 220 g/mol. The molecule has 104 valence electrons. The van der Waals surface area contributed by atoms with Crippen molar-refractivity contribution in [2.45, 2.75) is 51.7 Å². The molecule has 0 fully saturated rings. The number of hydrogen-bond acceptors (Lipinski definition) is 4. The van der Waals surface area contributed by atoms with E-state index in [9.17, 15) is 5.11 Å². The van der Waals surface area contributed by atoms with E-state index in [1.54, 1.807) is 7.11 Å². The summed E-state index contributed by atoms with van der Waals surface area (Å²) in [5, 5.41) is 9.81. The van der Waals surface area contributed by atoms with Gasteiger partial charge in [-0.25, -0.2) is 0 Å². The van der Waals surface area contributed by atoms with E-state index in [2.05, 4.69) is 6.92 Å². The minimum atomic E-state index is -0.334. The van der Waals surface area contributed by atoms with Crippen molar-refractivity contribution in [3.63, 3.8) is 0 Å². The lowest BCUT2D eigenvalue weighted by molar-refractivity contribution is -0.0485. The molecule has 0 aliphatic carbocycles. The Morgan fingerprint density at radius 2 is 1.82 bits per heavy atom. The van der Waals surface area contributed by atoms with Gasteiger partial charge >= 0.3 is 0 Å². The Balaban J connectivity index is 3.43. The molecule has 17 heavy (non-hydrogen) atoms. The van der Waals surface area contributed by atoms with E-state index < -0.39 is 0 Å². The lowest BCUT2D eigenvalue weighted by atomic mass is 10.1. The Labute approximate surface area is 105 Å². The van der Waals surface area contributed by atoms with E-state index >= 15 is 0 Å². The molecule has 0 aliphatic heterocycles. The van der Waals surface area contributed by atoms with E-state index in [-0.39, 0.29) is 12.2 Å². The van der Waals surface area contributed by atoms with Crippen LogP contribution in [-0.2, 0) is 14.2 Å². The monoisotopic (exact) mass is 248 g/mol. The van der Waals surface area contributed by atoms with Gasteiger partial charge in [0.25, 0.3) is 0 Å². The molecule has 0 aromatic rings. The summed E-state index contributed by atoms with van der Waals surface area (Å²) >= 11 is 0. The van der Waals surface area contributed by atoms with E-state index in [1.807, 2.05) is 6.92 Å². The fourth-order valence-electron chi connectivity index (χ4n) is 1.62. The average molecular weight is 248 g/mol. The minimum Gasteiger partial charge on any atom is -0.390 e. The normalized spacial score (nSPS) is 14.8. The highest BCUT2D eigenvalue weighted by atomic mass is 16.5. The molecular formula is C13H28O4. The smallest absolute Gasteiger partial charge is 0.0831 e. The second-order valence-electron chi connectivity index (χ2n) is 4.13. The quantitative estimate of drug-likeness (QED) is 0.537. The van der Waals surface area contributed by atoms with Gasteiger partial charge in [0.05, 0.1) is 25.4 Å². The highest BCUT2D eigenvalue weighted by molar-refractivity contribution is 4.66. The largest absolute Gasteiger partial charge is 0.390 e. The second kappa shape index (κ2) is 12.3. The average Bonchev–Trinajstić information content (AvgIpc) is 2.33. The van der Waals surface area contributed by atoms with Crippen LogP contribution >= 0.6 is 0 Å². The third-order valence-electron chi connectivity index (χ3n) is 2.61. The second-order valence-corrected chi connectivity index (χ2v) is 4.13. The third kappa shape index (κ3) is 9.53. The molecule has 0 saturated carbocycles. The van der Waals surface area contributed by atoms with Gasteiger partial charge in [-0.3, -0.25) is 0 Å². The maximum atomic E-state index is 9.81. The Morgan fingerprint density at radius 1 is 1.06 bits per heavy atom. The molecule has 0 saturated heterocycles. The van der Waals surface area contributed by atoms with Crippen molar-refractivity contribution in [1.82, 2.24) is 0 Å². The van der Waals surface area contributed by atoms with E-state index in [4.69, 9.17) is 14.2 Å². The molecule has 0 heterocycles. The fraction of sp³-hybridized carbons (Fsp3) is 1.00. The van der Waals surface area contributed by atoms with Crippen molar-refractivity contribution in [2.75, 3.05) is 33.5 Å². The number of aliphatic hydroxyl groups is 1. The topological polar surface area (TPSA) is 47.9 Å². The highest BCUT2D eigenvalue weighted by Gasteiger charge is 2.16. The van der Waals surface area contributed by atoms with Gasteiger partial charge in [-0.1, -0.05) is 20.3 Å². The van der Waals surface area contributed by atoms with Gasteiger partial charge in [0.2, 0.25) is 0 Å². The van der Waals surface area contributed by atoms with Gasteiger partial charge in [0, 0.05) is 20.3 Å². The first-order valence-corrected chi connectivity index (χ1v) is 6.62. The zero-order chi connectivity index (χ0) is 12.9. The van der Waals surface area contributed by atoms with Crippen LogP contribution in [0.25, 0.3) is 0 Å². The summed E-state index contributed by atoms with van der Waals surface area (Å²) in [7, 11) is 1.66. The Hall–Kier alpha value is -0.160. The Bertz CT molecular complexity index is 152. The van der Waals surface area contributed by atoms with Crippen LogP contribution in [0, 0.1) is 0 Å². The number of methoxy groups -OCH3 is 1. The van der Waals surface area contributed by atoms with Crippen LogP contribution in [0.5, 0.6) is 0 Å². The molecule has 0 rings (SSSR count). The molecule has 2 unspecified atom stereocenters. The van der Waals surface area contributed by atoms with Crippen LogP contribution in [0.1, 0.15) is 39.5 Å². The summed E-state index contributed by atoms with van der Waals surface area (Å²) in [5.41, 5.74) is 0. The number of aliphatic hydroxyl groups excluding tert-OH is 1. The lowest BCUT2D eigenvalue weighted by Gasteiger charge is -2.21. The maximum Gasteiger partial charge on any atom is 0.0831 e. The Kier molecular flexibility index (Phi) is 12.2. The summed E-state index contributed by atoms with van der Waals surface area (Å²) in [4.78, 5) is 0. The first-order valence-electron chi connectivity index (χ1n) is 6.62. The van der Waals surface area contributed by atoms with Gasteiger partial charge in [0.1, 0.15) is 0 Å². The highest BCUT2D eigenvalue weighted by Crippen LogP contribution is 2.10. The fourth-order valence-corrected chi connectivity index (χ4v) is 1.62. The minimum absolute atomic E-state index is 0.0334. The molecule has 0 radical (unpaired) electrons. The molecule has 0 bridgehead atoms. The summed E-state index contributed by atoms with van der Waals surface area (Å²) in [5.74, 6) is 0. The van der Waals surface area contributed by atoms with Crippen LogP contribution in [-0.4, -0.2) is 50.9 Å². The van der Waals surface area contributed by atoms with Crippen LogP contribution in [0.15, 0.2) is 0 Å². The van der Waals surface area contributed by atoms with Gasteiger partial charge in [-0.15, -0.1) is 0 Å². The third-order valence-corrected chi connectivity index (χ3v) is 2.61. The van der Waals surface area contributed by atoms with Crippen LogP contribution < -0.4 is 0 Å². The van der Waals surface area contributed by atoms with Crippen molar-refractivity contribution in [3.8, 4) is 0 Å². The Morgan fingerprint density at radius 3 is 2.41 bits per heavy atom. The van der Waals surface area contributed by atoms with Crippen molar-refractivity contribution in [1.29, 1.82) is 0 Å². The maximum absolute atomic E-state index is 9.81. The lowest BCUT2D eigenvalue weighted by Crippen LogP contribution is -2.28. The van der Waals surface area contributed by atoms with E-state index in [0.717, 1.165) is 25.7 Å². The molecule has 4 heteroatoms. The molecule has 2 atom stereocenters. The number of hydrogen-bond donors (Lipinski definition) is 1. The van der Waals surface area contributed by atoms with Crippen molar-refractivity contribution < 1.29 is 19.3 Å². The molecule has 0 spiro atoms. The van der Waals surface area contributed by atoms with E-state index in [0.29, 0.717) is 26.4 Å². The molecule has 0 aromatic heterocycles. The van der Waals surface area contributed by atoms with Crippen molar-refractivity contribution in [3.05, 3.63) is 0 Å². The first-order chi connectivity index (χ1) is 8.26. The zero-order valence-electron chi connectivity index (χ0n) is 11.5. The van der Waals surface area contributed by atoms with Gasteiger partial charge in [-0.2, -0.15) is 0 Å². The summed E-state index contributed by atoms with van der Waals surface area (Å²) < 4.78 is 15.9. The van der Waals surface area contributed by atoms with Crippen molar-refractivity contribution >= 4 is 0 Å². The number of rotatable bonds is 12. The summed E-state index contributed by atoms with van der Waals surface area (Å²) in [6, 6.07) is 0. The van der Waals surface area contributed by atoms with E-state index in [1.165, 1.54) is 0 Å². The van der Waals surface area contributed by atoms with Gasteiger partial charge in [-0.05, 0) is 19.3 Å². The SMILES string of the molecule is CCCC(O)C(CC)OCCCOCCOC. The molecule has 0 amide bonds. The summed E-state index contributed by atoms with van der Waals surface area (Å²) in [6.07, 6.45) is 3.14. The predicted octanol–water partition coefficient (Wildman–Crippen LogP) is 2.00. The molecule has 0 aliphatic rings. The standard InChI is InChI=1S/C13H28O4/c1-4-7-12(14)13(5-2)17-9-6-8-16-11-10-15-3/h12-14H,4-11H2,1-3H3. The van der Waals surface area contributed by atoms with Crippen LogP contribution in [0.3, 0.4) is 0 Å².